The molecule has 0 bridgehead atoms. The fourth-order valence-corrected chi connectivity index (χ4v) is 3.51. The standard InChI is InChI=1S/C18H26N2O.ClH/c21-18(15-6-4-2-1-3-5-7-15)20-11-14-8-9-16-12-19-13-17(16)10-14;/h8-10,15,19H,1-7,11-13H2,(H,20,21);1H. The maximum absolute atomic E-state index is 12.3. The fourth-order valence-electron chi connectivity index (χ4n) is 3.51. The Kier molecular flexibility index (Phi) is 6.71. The van der Waals surface area contributed by atoms with Gasteiger partial charge in [-0.25, -0.2) is 0 Å². The van der Waals surface area contributed by atoms with E-state index >= 15 is 0 Å². The van der Waals surface area contributed by atoms with Crippen LogP contribution in [0.3, 0.4) is 0 Å². The smallest absolute Gasteiger partial charge is 0.223 e. The van der Waals surface area contributed by atoms with Crippen LogP contribution in [0, 0.1) is 5.92 Å². The molecular formula is C18H27ClN2O. The Morgan fingerprint density at radius 1 is 1.05 bits per heavy atom. The predicted molar refractivity (Wildman–Crippen MR) is 91.9 cm³/mol. The Bertz CT molecular complexity index is 496. The molecule has 2 aliphatic rings. The highest BCUT2D eigenvalue weighted by Gasteiger charge is 2.19. The van der Waals surface area contributed by atoms with Gasteiger partial charge >= 0.3 is 0 Å². The zero-order valence-corrected chi connectivity index (χ0v) is 14.0. The van der Waals surface area contributed by atoms with Crippen molar-refractivity contribution in [3.05, 3.63) is 34.9 Å². The van der Waals surface area contributed by atoms with E-state index in [1.165, 1.54) is 48.8 Å². The second-order valence-electron chi connectivity index (χ2n) is 6.47. The van der Waals surface area contributed by atoms with Crippen LogP contribution in [-0.2, 0) is 24.4 Å². The van der Waals surface area contributed by atoms with E-state index < -0.39 is 0 Å². The summed E-state index contributed by atoms with van der Waals surface area (Å²) in [4.78, 5) is 12.3. The zero-order valence-electron chi connectivity index (χ0n) is 13.2. The first-order valence-electron chi connectivity index (χ1n) is 8.42. The summed E-state index contributed by atoms with van der Waals surface area (Å²) >= 11 is 0. The lowest BCUT2D eigenvalue weighted by molar-refractivity contribution is -0.125. The van der Waals surface area contributed by atoms with Crippen molar-refractivity contribution in [3.63, 3.8) is 0 Å². The molecule has 2 N–H and O–H groups in total. The maximum atomic E-state index is 12.3. The third-order valence-electron chi connectivity index (χ3n) is 4.84. The molecule has 1 aliphatic carbocycles. The van der Waals surface area contributed by atoms with Crippen LogP contribution in [0.25, 0.3) is 0 Å². The molecule has 0 radical (unpaired) electrons. The summed E-state index contributed by atoms with van der Waals surface area (Å²) in [6.45, 7) is 2.60. The molecule has 3 nitrogen and oxygen atoms in total. The number of nitrogens with one attached hydrogen (secondary N) is 2. The van der Waals surface area contributed by atoms with Crippen molar-refractivity contribution in [1.82, 2.24) is 10.6 Å². The second kappa shape index (κ2) is 8.54. The molecule has 1 heterocycles. The topological polar surface area (TPSA) is 41.1 Å². The van der Waals surface area contributed by atoms with Gasteiger partial charge in [-0.1, -0.05) is 50.3 Å². The molecule has 22 heavy (non-hydrogen) atoms. The van der Waals surface area contributed by atoms with E-state index in [0.717, 1.165) is 25.9 Å². The van der Waals surface area contributed by atoms with Gasteiger partial charge in [0.05, 0.1) is 0 Å². The van der Waals surface area contributed by atoms with Crippen LogP contribution in [0.4, 0.5) is 0 Å². The number of rotatable bonds is 3. The minimum Gasteiger partial charge on any atom is -0.352 e. The lowest BCUT2D eigenvalue weighted by Crippen LogP contribution is -2.30. The van der Waals surface area contributed by atoms with Crippen LogP contribution >= 0.6 is 12.4 Å². The molecule has 1 saturated carbocycles. The molecule has 1 aliphatic heterocycles. The average molecular weight is 323 g/mol. The highest BCUT2D eigenvalue weighted by atomic mass is 35.5. The summed E-state index contributed by atoms with van der Waals surface area (Å²) in [5.74, 6) is 0.497. The van der Waals surface area contributed by atoms with Crippen LogP contribution in [0.1, 0.15) is 61.6 Å². The summed E-state index contributed by atoms with van der Waals surface area (Å²) in [5, 5.41) is 6.51. The summed E-state index contributed by atoms with van der Waals surface area (Å²) in [7, 11) is 0. The third-order valence-corrected chi connectivity index (χ3v) is 4.84. The van der Waals surface area contributed by atoms with Crippen LogP contribution < -0.4 is 10.6 Å². The molecule has 0 unspecified atom stereocenters. The fraction of sp³-hybridized carbons (Fsp3) is 0.611. The molecule has 1 aromatic rings. The number of benzene rings is 1. The number of amides is 1. The SMILES string of the molecule is Cl.O=C(NCc1ccc2c(c1)CNC2)C1CCCCCCC1. The quantitative estimate of drug-likeness (QED) is 0.891. The van der Waals surface area contributed by atoms with E-state index in [-0.39, 0.29) is 24.2 Å². The lowest BCUT2D eigenvalue weighted by atomic mass is 9.90. The van der Waals surface area contributed by atoms with Gasteiger partial charge in [-0.15, -0.1) is 12.4 Å². The lowest BCUT2D eigenvalue weighted by Gasteiger charge is -2.19. The normalized spacial score (nSPS) is 18.7. The summed E-state index contributed by atoms with van der Waals surface area (Å²) < 4.78 is 0. The molecule has 3 rings (SSSR count). The Morgan fingerprint density at radius 2 is 1.73 bits per heavy atom. The number of halogens is 1. The largest absolute Gasteiger partial charge is 0.352 e. The molecule has 1 fully saturated rings. The molecule has 0 atom stereocenters. The first-order chi connectivity index (χ1) is 10.3. The van der Waals surface area contributed by atoms with Crippen molar-refractivity contribution < 1.29 is 4.79 Å². The van der Waals surface area contributed by atoms with E-state index in [0.29, 0.717) is 6.54 Å². The second-order valence-corrected chi connectivity index (χ2v) is 6.47. The molecular weight excluding hydrogens is 296 g/mol. The van der Waals surface area contributed by atoms with Gasteiger partial charge in [0.25, 0.3) is 0 Å². The van der Waals surface area contributed by atoms with Gasteiger partial charge in [-0.05, 0) is 29.5 Å². The van der Waals surface area contributed by atoms with E-state index in [1.807, 2.05) is 0 Å². The first kappa shape index (κ1) is 17.3. The monoisotopic (exact) mass is 322 g/mol. The van der Waals surface area contributed by atoms with Crippen LogP contribution in [0.2, 0.25) is 0 Å². The van der Waals surface area contributed by atoms with Gasteiger partial charge in [0.15, 0.2) is 0 Å². The average Bonchev–Trinajstić information content (AvgIpc) is 2.92. The van der Waals surface area contributed by atoms with Crippen LogP contribution in [-0.4, -0.2) is 5.91 Å². The predicted octanol–water partition coefficient (Wildman–Crippen LogP) is 3.69. The van der Waals surface area contributed by atoms with E-state index in [1.54, 1.807) is 0 Å². The van der Waals surface area contributed by atoms with Crippen molar-refractivity contribution in [3.8, 4) is 0 Å². The Morgan fingerprint density at radius 3 is 2.50 bits per heavy atom. The van der Waals surface area contributed by atoms with Crippen LogP contribution in [0.5, 0.6) is 0 Å². The highest BCUT2D eigenvalue weighted by Crippen LogP contribution is 2.22. The number of fused-ring (bicyclic) bond motifs is 1. The van der Waals surface area contributed by atoms with Crippen molar-refractivity contribution >= 4 is 18.3 Å². The van der Waals surface area contributed by atoms with Gasteiger partial charge in [0, 0.05) is 25.6 Å². The zero-order chi connectivity index (χ0) is 14.5. The molecule has 4 heteroatoms. The summed E-state index contributed by atoms with van der Waals surface area (Å²) in [6, 6.07) is 6.56. The first-order valence-corrected chi connectivity index (χ1v) is 8.42. The summed E-state index contributed by atoms with van der Waals surface area (Å²) in [5.41, 5.74) is 3.99. The highest BCUT2D eigenvalue weighted by molar-refractivity contribution is 5.85. The molecule has 0 spiro atoms. The molecule has 0 saturated heterocycles. The van der Waals surface area contributed by atoms with Gasteiger partial charge in [0.1, 0.15) is 0 Å². The minimum atomic E-state index is 0. The van der Waals surface area contributed by atoms with Crippen LogP contribution in [0.15, 0.2) is 18.2 Å². The van der Waals surface area contributed by atoms with Gasteiger partial charge in [0.2, 0.25) is 5.91 Å². The summed E-state index contributed by atoms with van der Waals surface area (Å²) in [6.07, 6.45) is 8.49. The number of carbonyl (C=O) groups is 1. The molecule has 1 amide bonds. The van der Waals surface area contributed by atoms with Gasteiger partial charge in [-0.2, -0.15) is 0 Å². The molecule has 122 valence electrons. The van der Waals surface area contributed by atoms with E-state index in [4.69, 9.17) is 0 Å². The van der Waals surface area contributed by atoms with Crippen molar-refractivity contribution in [1.29, 1.82) is 0 Å². The number of hydrogen-bond donors (Lipinski definition) is 2. The minimum absolute atomic E-state index is 0. The van der Waals surface area contributed by atoms with Gasteiger partial charge < -0.3 is 10.6 Å². The molecule has 1 aromatic carbocycles. The van der Waals surface area contributed by atoms with Gasteiger partial charge in [-0.3, -0.25) is 4.79 Å². The van der Waals surface area contributed by atoms with Crippen molar-refractivity contribution in [2.45, 2.75) is 64.6 Å². The van der Waals surface area contributed by atoms with Crippen molar-refractivity contribution in [2.75, 3.05) is 0 Å². The molecule has 0 aromatic heterocycles. The Labute approximate surface area is 139 Å². The number of hydrogen-bond acceptors (Lipinski definition) is 2. The third kappa shape index (κ3) is 4.47. The number of carbonyl (C=O) groups excluding carboxylic acids is 1. The Balaban J connectivity index is 0.00000176. The van der Waals surface area contributed by atoms with E-state index in [9.17, 15) is 4.79 Å². The van der Waals surface area contributed by atoms with E-state index in [2.05, 4.69) is 28.8 Å². The maximum Gasteiger partial charge on any atom is 0.223 e. The Hall–Kier alpha value is -1.06. The van der Waals surface area contributed by atoms with Crippen molar-refractivity contribution in [2.24, 2.45) is 5.92 Å².